The third kappa shape index (κ3) is 6.81. The van der Waals surface area contributed by atoms with Crippen molar-refractivity contribution in [2.45, 2.75) is 64.8 Å². The van der Waals surface area contributed by atoms with Crippen LogP contribution in [0.25, 0.3) is 10.8 Å². The summed E-state index contributed by atoms with van der Waals surface area (Å²) in [6, 6.07) is 15.8. The number of rotatable bonds is 9. The van der Waals surface area contributed by atoms with Crippen LogP contribution in [-0.4, -0.2) is 96.3 Å². The molecule has 4 heterocycles. The van der Waals surface area contributed by atoms with Crippen LogP contribution in [0.3, 0.4) is 0 Å². The highest BCUT2D eigenvalue weighted by Gasteiger charge is 2.33. The Morgan fingerprint density at radius 3 is 2.83 bits per heavy atom. The van der Waals surface area contributed by atoms with Crippen molar-refractivity contribution in [3.05, 3.63) is 65.9 Å². The number of aromatic nitrogens is 2. The van der Waals surface area contributed by atoms with Gasteiger partial charge in [0.15, 0.2) is 0 Å². The summed E-state index contributed by atoms with van der Waals surface area (Å²) in [6.45, 7) is 16.4. The van der Waals surface area contributed by atoms with Gasteiger partial charge in [-0.15, -0.1) is 0 Å². The molecule has 3 atom stereocenters. The van der Waals surface area contributed by atoms with Crippen molar-refractivity contribution in [2.24, 2.45) is 0 Å². The Balaban J connectivity index is 1.27. The van der Waals surface area contributed by atoms with E-state index in [-0.39, 0.29) is 24.5 Å². The lowest BCUT2D eigenvalue weighted by Gasteiger charge is -2.42. The van der Waals surface area contributed by atoms with Crippen molar-refractivity contribution in [3.63, 3.8) is 0 Å². The van der Waals surface area contributed by atoms with Crippen LogP contribution in [0.15, 0.2) is 49.1 Å². The summed E-state index contributed by atoms with van der Waals surface area (Å²) in [6.07, 6.45) is 3.47. The number of fused-ring (bicyclic) bond motifs is 2. The Bertz CT molecular complexity index is 1620. The molecule has 1 aromatic heterocycles. The number of carbonyl (C=O) groups excluding carboxylic acids is 1. The monoisotopic (exact) mass is 623 g/mol. The first-order valence-electron chi connectivity index (χ1n) is 16.5. The molecule has 3 aliphatic rings. The first-order valence-corrected chi connectivity index (χ1v) is 16.5. The first-order chi connectivity index (χ1) is 22.3. The maximum absolute atomic E-state index is 12.6. The van der Waals surface area contributed by atoms with Crippen LogP contribution in [-0.2, 0) is 22.5 Å². The molecule has 2 saturated heterocycles. The summed E-state index contributed by atoms with van der Waals surface area (Å²) < 4.78 is 12.1. The molecule has 0 spiro atoms. The lowest BCUT2D eigenvalue weighted by molar-refractivity contribution is -0.128. The average Bonchev–Trinajstić information content (AvgIpc) is 3.07. The Labute approximate surface area is 272 Å². The van der Waals surface area contributed by atoms with Gasteiger partial charge in [0, 0.05) is 61.9 Å². The summed E-state index contributed by atoms with van der Waals surface area (Å²) in [4.78, 5) is 31.4. The SMILES string of the molecule is C=CC(=O)N1CCN(c2nc(OCCCN3C[C@H](C)OC[C@@H]3C)nc3c2CCN(c2cc(C)cc4ccccc24)C3)CC1CC#N. The van der Waals surface area contributed by atoms with E-state index in [0.29, 0.717) is 44.8 Å². The van der Waals surface area contributed by atoms with Gasteiger partial charge in [-0.25, -0.2) is 0 Å². The van der Waals surface area contributed by atoms with E-state index in [1.165, 1.54) is 28.1 Å². The highest BCUT2D eigenvalue weighted by Crippen LogP contribution is 2.35. The Morgan fingerprint density at radius 2 is 2.00 bits per heavy atom. The second-order valence-corrected chi connectivity index (χ2v) is 12.8. The van der Waals surface area contributed by atoms with E-state index in [4.69, 9.17) is 19.4 Å². The minimum Gasteiger partial charge on any atom is -0.463 e. The van der Waals surface area contributed by atoms with Crippen LogP contribution in [0.4, 0.5) is 11.5 Å². The lowest BCUT2D eigenvalue weighted by Crippen LogP contribution is -2.55. The number of amides is 1. The number of aryl methyl sites for hydroxylation is 1. The van der Waals surface area contributed by atoms with Gasteiger partial charge in [0.1, 0.15) is 5.82 Å². The molecule has 1 amide bonds. The van der Waals surface area contributed by atoms with Crippen LogP contribution < -0.4 is 14.5 Å². The number of nitrogens with zero attached hydrogens (tertiary/aromatic N) is 7. The molecule has 0 radical (unpaired) electrons. The van der Waals surface area contributed by atoms with E-state index in [1.807, 2.05) is 0 Å². The maximum atomic E-state index is 12.6. The first kappa shape index (κ1) is 31.8. The van der Waals surface area contributed by atoms with Crippen LogP contribution in [0.5, 0.6) is 6.01 Å². The van der Waals surface area contributed by atoms with E-state index in [9.17, 15) is 10.1 Å². The number of anilines is 2. The molecule has 0 aliphatic carbocycles. The minimum absolute atomic E-state index is 0.140. The summed E-state index contributed by atoms with van der Waals surface area (Å²) in [5.41, 5.74) is 4.53. The van der Waals surface area contributed by atoms with Crippen LogP contribution in [0, 0.1) is 18.3 Å². The predicted molar refractivity (Wildman–Crippen MR) is 180 cm³/mol. The maximum Gasteiger partial charge on any atom is 0.318 e. The van der Waals surface area contributed by atoms with Gasteiger partial charge in [0.05, 0.1) is 50.1 Å². The molecule has 2 fully saturated rings. The molecule has 3 aliphatic heterocycles. The van der Waals surface area contributed by atoms with Crippen LogP contribution in [0.1, 0.15) is 43.5 Å². The quantitative estimate of drug-likeness (QED) is 0.252. The zero-order valence-electron chi connectivity index (χ0n) is 27.3. The van der Waals surface area contributed by atoms with Gasteiger partial charge in [-0.1, -0.05) is 36.9 Å². The van der Waals surface area contributed by atoms with Crippen molar-refractivity contribution in [1.29, 1.82) is 5.26 Å². The molecule has 0 saturated carbocycles. The van der Waals surface area contributed by atoms with Gasteiger partial charge < -0.3 is 24.2 Å². The topological polar surface area (TPSA) is 98.1 Å². The standard InChI is InChI=1S/C36H45N7O3/c1-5-34(44)43-17-16-42(22-29(43)11-13-37)35-31-12-15-41(33-20-25(2)19-28-9-6-7-10-30(28)33)23-32(31)38-36(39-35)45-18-8-14-40-21-27(4)46-24-26(40)3/h5-7,9-10,19-20,26-27,29H,1,8,11-12,14-18,21-24H2,2-4H3/t26-,27-,29?/m0/s1. The largest absolute Gasteiger partial charge is 0.463 e. The predicted octanol–water partition coefficient (Wildman–Crippen LogP) is 4.50. The molecule has 10 nitrogen and oxygen atoms in total. The molecular formula is C36H45N7O3. The van der Waals surface area contributed by atoms with E-state index < -0.39 is 0 Å². The second kappa shape index (κ2) is 14.1. The van der Waals surface area contributed by atoms with Crippen molar-refractivity contribution < 1.29 is 14.3 Å². The van der Waals surface area contributed by atoms with Gasteiger partial charge in [-0.05, 0) is 56.7 Å². The van der Waals surface area contributed by atoms with Crippen molar-refractivity contribution >= 4 is 28.2 Å². The molecule has 10 heteroatoms. The number of nitriles is 1. The lowest BCUT2D eigenvalue weighted by atomic mass is 10.00. The summed E-state index contributed by atoms with van der Waals surface area (Å²) in [5, 5.41) is 12.0. The number of benzene rings is 2. The van der Waals surface area contributed by atoms with Crippen LogP contribution in [0.2, 0.25) is 0 Å². The summed E-state index contributed by atoms with van der Waals surface area (Å²) >= 11 is 0. The Hall–Kier alpha value is -4.20. The zero-order valence-corrected chi connectivity index (χ0v) is 27.3. The van der Waals surface area contributed by atoms with E-state index in [2.05, 4.69) is 84.5 Å². The Morgan fingerprint density at radius 1 is 1.15 bits per heavy atom. The van der Waals surface area contributed by atoms with Crippen molar-refractivity contribution in [1.82, 2.24) is 19.8 Å². The average molecular weight is 624 g/mol. The molecule has 1 unspecified atom stereocenters. The highest BCUT2D eigenvalue weighted by molar-refractivity contribution is 5.95. The third-order valence-corrected chi connectivity index (χ3v) is 9.47. The second-order valence-electron chi connectivity index (χ2n) is 12.8. The molecule has 3 aromatic rings. The molecule has 46 heavy (non-hydrogen) atoms. The van der Waals surface area contributed by atoms with Gasteiger partial charge in [-0.2, -0.15) is 15.2 Å². The fourth-order valence-corrected chi connectivity index (χ4v) is 7.07. The molecule has 6 rings (SSSR count). The smallest absolute Gasteiger partial charge is 0.318 e. The van der Waals surface area contributed by atoms with Gasteiger partial charge >= 0.3 is 6.01 Å². The number of morpholine rings is 1. The number of carbonyl (C=O) groups is 1. The molecule has 0 N–H and O–H groups in total. The van der Waals surface area contributed by atoms with E-state index >= 15 is 0 Å². The van der Waals surface area contributed by atoms with Crippen molar-refractivity contribution in [3.8, 4) is 12.1 Å². The molecule has 0 bridgehead atoms. The number of hydrogen-bond donors (Lipinski definition) is 0. The number of hydrogen-bond acceptors (Lipinski definition) is 9. The molecule has 242 valence electrons. The van der Waals surface area contributed by atoms with E-state index in [0.717, 1.165) is 56.2 Å². The third-order valence-electron chi connectivity index (χ3n) is 9.47. The number of ether oxygens (including phenoxy) is 2. The van der Waals surface area contributed by atoms with Gasteiger partial charge in [0.25, 0.3) is 0 Å². The Kier molecular flexibility index (Phi) is 9.71. The highest BCUT2D eigenvalue weighted by atomic mass is 16.5. The minimum atomic E-state index is -0.240. The van der Waals surface area contributed by atoms with Crippen molar-refractivity contribution in [2.75, 3.05) is 62.3 Å². The molecule has 2 aromatic carbocycles. The molecular weight excluding hydrogens is 578 g/mol. The summed E-state index contributed by atoms with van der Waals surface area (Å²) in [5.74, 6) is 0.719. The fraction of sp³-hybridized carbons (Fsp3) is 0.500. The van der Waals surface area contributed by atoms with Gasteiger partial charge in [-0.3, -0.25) is 9.69 Å². The summed E-state index contributed by atoms with van der Waals surface area (Å²) in [7, 11) is 0. The zero-order chi connectivity index (χ0) is 32.2. The van der Waals surface area contributed by atoms with Crippen LogP contribution >= 0.6 is 0 Å². The van der Waals surface area contributed by atoms with E-state index in [1.54, 1.807) is 4.90 Å². The van der Waals surface area contributed by atoms with Gasteiger partial charge in [0.2, 0.25) is 5.91 Å². The normalized spacial score (nSPS) is 22.0. The fourth-order valence-electron chi connectivity index (χ4n) is 7.07. The number of piperazine rings is 1.